The van der Waals surface area contributed by atoms with Gasteiger partial charge in [-0.15, -0.1) is 0 Å². The first-order valence-corrected chi connectivity index (χ1v) is 6.70. The van der Waals surface area contributed by atoms with Crippen LogP contribution in [0.15, 0.2) is 0 Å². The van der Waals surface area contributed by atoms with Crippen LogP contribution in [0.1, 0.15) is 54.4 Å². The predicted octanol–water partition coefficient (Wildman–Crippen LogP) is 3.92. The van der Waals surface area contributed by atoms with Crippen LogP contribution >= 0.6 is 0 Å². The molecule has 3 aliphatic rings. The van der Waals surface area contributed by atoms with Gasteiger partial charge in [-0.1, -0.05) is 41.5 Å². The molecule has 16 heavy (non-hydrogen) atoms. The van der Waals surface area contributed by atoms with Crippen molar-refractivity contribution in [1.82, 2.24) is 0 Å². The zero-order valence-electron chi connectivity index (χ0n) is 11.6. The van der Waals surface area contributed by atoms with Crippen molar-refractivity contribution in [2.24, 2.45) is 34.5 Å². The summed E-state index contributed by atoms with van der Waals surface area (Å²) < 4.78 is 0. The molecule has 3 rings (SSSR count). The second kappa shape index (κ2) is 3.34. The molecule has 0 unspecified atom stereocenters. The van der Waals surface area contributed by atoms with Crippen molar-refractivity contribution in [3.63, 3.8) is 0 Å². The number of ketones is 1. The summed E-state index contributed by atoms with van der Waals surface area (Å²) in [7, 11) is 0. The first kappa shape index (κ1) is 12.1. The van der Waals surface area contributed by atoms with Gasteiger partial charge >= 0.3 is 0 Å². The summed E-state index contributed by atoms with van der Waals surface area (Å²) in [6.07, 6.45) is 2.50. The van der Waals surface area contributed by atoms with Crippen LogP contribution in [0, 0.1) is 34.5 Å². The van der Waals surface area contributed by atoms with Gasteiger partial charge in [0.15, 0.2) is 0 Å². The molecule has 2 bridgehead atoms. The van der Waals surface area contributed by atoms with E-state index in [4.69, 9.17) is 0 Å². The molecule has 0 aromatic heterocycles. The van der Waals surface area contributed by atoms with Crippen LogP contribution in [0.3, 0.4) is 0 Å². The minimum absolute atomic E-state index is 0.160. The van der Waals surface area contributed by atoms with Gasteiger partial charge in [-0.05, 0) is 36.0 Å². The highest BCUT2D eigenvalue weighted by molar-refractivity contribution is 5.86. The van der Waals surface area contributed by atoms with E-state index in [2.05, 4.69) is 41.5 Å². The van der Waals surface area contributed by atoms with Gasteiger partial charge in [-0.3, -0.25) is 4.79 Å². The van der Waals surface area contributed by atoms with Crippen LogP contribution in [0.5, 0.6) is 0 Å². The summed E-state index contributed by atoms with van der Waals surface area (Å²) in [5.41, 5.74) is 0.334. The molecule has 3 saturated carbocycles. The van der Waals surface area contributed by atoms with E-state index < -0.39 is 0 Å². The molecule has 0 N–H and O–H groups in total. The van der Waals surface area contributed by atoms with Gasteiger partial charge in [0.05, 0.1) is 0 Å². The molecule has 0 heterocycles. The van der Waals surface area contributed by atoms with Crippen LogP contribution in [-0.4, -0.2) is 5.78 Å². The van der Waals surface area contributed by atoms with Crippen molar-refractivity contribution in [3.05, 3.63) is 0 Å². The van der Waals surface area contributed by atoms with Crippen LogP contribution in [0.25, 0.3) is 0 Å². The molecule has 0 amide bonds. The normalized spacial score (nSPS) is 41.4. The van der Waals surface area contributed by atoms with Crippen molar-refractivity contribution in [3.8, 4) is 0 Å². The highest BCUT2D eigenvalue weighted by Gasteiger charge is 2.58. The molecule has 0 aromatic rings. The Bertz CT molecular complexity index is 308. The third-order valence-electron chi connectivity index (χ3n) is 5.43. The maximum atomic E-state index is 12.4. The van der Waals surface area contributed by atoms with E-state index in [-0.39, 0.29) is 5.41 Å². The van der Waals surface area contributed by atoms with Crippen molar-refractivity contribution in [2.75, 3.05) is 0 Å². The number of carbonyl (C=O) groups excluding carboxylic acids is 1. The fourth-order valence-corrected chi connectivity index (χ4v) is 4.05. The lowest BCUT2D eigenvalue weighted by Crippen LogP contribution is -2.57. The van der Waals surface area contributed by atoms with Crippen molar-refractivity contribution in [1.29, 1.82) is 0 Å². The number of Topliss-reactive ketones (excluding diaryl/α,β-unsaturated/α-hetero) is 1. The lowest BCUT2D eigenvalue weighted by Gasteiger charge is -2.62. The molecule has 1 nitrogen and oxygen atoms in total. The van der Waals surface area contributed by atoms with Crippen molar-refractivity contribution < 1.29 is 4.79 Å². The molecule has 0 radical (unpaired) electrons. The van der Waals surface area contributed by atoms with E-state index in [0.717, 1.165) is 18.3 Å². The Morgan fingerprint density at radius 3 is 2.12 bits per heavy atom. The summed E-state index contributed by atoms with van der Waals surface area (Å²) in [6, 6.07) is 0. The third kappa shape index (κ3) is 1.55. The van der Waals surface area contributed by atoms with E-state index in [0.29, 0.717) is 23.0 Å². The van der Waals surface area contributed by atoms with Crippen molar-refractivity contribution in [2.45, 2.75) is 54.4 Å². The first-order valence-electron chi connectivity index (χ1n) is 6.70. The summed E-state index contributed by atoms with van der Waals surface area (Å²) in [4.78, 5) is 12.4. The van der Waals surface area contributed by atoms with Gasteiger partial charge in [0, 0.05) is 11.3 Å². The fraction of sp³-hybridized carbons (Fsp3) is 0.933. The summed E-state index contributed by atoms with van der Waals surface area (Å²) in [6.45, 7) is 13.3. The fourth-order valence-electron chi connectivity index (χ4n) is 4.05. The number of carbonyl (C=O) groups is 1. The monoisotopic (exact) mass is 222 g/mol. The smallest absolute Gasteiger partial charge is 0.141 e. The third-order valence-corrected chi connectivity index (χ3v) is 5.43. The summed E-state index contributed by atoms with van der Waals surface area (Å²) in [5, 5.41) is 0. The van der Waals surface area contributed by atoms with Crippen molar-refractivity contribution >= 4 is 5.78 Å². The molecule has 4 atom stereocenters. The topological polar surface area (TPSA) is 17.1 Å². The Kier molecular flexibility index (Phi) is 2.53. The molecule has 1 heteroatoms. The number of hydrogen-bond donors (Lipinski definition) is 0. The van der Waals surface area contributed by atoms with E-state index in [9.17, 15) is 4.79 Å². The molecule has 0 aliphatic heterocycles. The maximum Gasteiger partial charge on any atom is 0.141 e. The predicted molar refractivity (Wildman–Crippen MR) is 67.1 cm³/mol. The quantitative estimate of drug-likeness (QED) is 0.657. The zero-order chi connectivity index (χ0) is 12.3. The molecule has 3 aliphatic carbocycles. The Morgan fingerprint density at radius 1 is 1.19 bits per heavy atom. The Balaban J connectivity index is 2.15. The Morgan fingerprint density at radius 2 is 1.75 bits per heavy atom. The largest absolute Gasteiger partial charge is 0.299 e. The molecule has 3 fully saturated rings. The standard InChI is InChI=1S/C15H26O/c1-9-11(13(16)14(2,3)4)7-10-8-12(9)15(10,5)6/h9-12H,7-8H2,1-6H3/t9-,10+,11+,12+/m0/s1. The van der Waals surface area contributed by atoms with Gasteiger partial charge < -0.3 is 0 Å². The highest BCUT2D eigenvalue weighted by atomic mass is 16.1. The number of fused-ring (bicyclic) bond motifs is 2. The average Bonchev–Trinajstić information content (AvgIpc) is 2.14. The summed E-state index contributed by atoms with van der Waals surface area (Å²) in [5.74, 6) is 2.99. The SMILES string of the molecule is C[C@@H]1[C@H]2C[C@@H](C[C@H]1C(=O)C(C)(C)C)C2(C)C. The molecular formula is C15H26O. The second-order valence-corrected chi connectivity index (χ2v) is 7.68. The summed E-state index contributed by atoms with van der Waals surface area (Å²) >= 11 is 0. The number of rotatable bonds is 1. The van der Waals surface area contributed by atoms with Crippen LogP contribution in [0.4, 0.5) is 0 Å². The second-order valence-electron chi connectivity index (χ2n) is 7.68. The first-order chi connectivity index (χ1) is 7.15. The van der Waals surface area contributed by atoms with Gasteiger partial charge in [0.2, 0.25) is 0 Å². The van der Waals surface area contributed by atoms with Gasteiger partial charge in [-0.25, -0.2) is 0 Å². The highest BCUT2D eigenvalue weighted by Crippen LogP contribution is 2.63. The lowest BCUT2D eigenvalue weighted by atomic mass is 9.42. The maximum absolute atomic E-state index is 12.4. The van der Waals surface area contributed by atoms with Crippen LogP contribution in [-0.2, 0) is 4.79 Å². The van der Waals surface area contributed by atoms with E-state index in [1.807, 2.05) is 0 Å². The zero-order valence-corrected chi connectivity index (χ0v) is 11.6. The van der Waals surface area contributed by atoms with Gasteiger partial charge in [0.25, 0.3) is 0 Å². The van der Waals surface area contributed by atoms with E-state index in [1.54, 1.807) is 0 Å². The minimum Gasteiger partial charge on any atom is -0.299 e. The minimum atomic E-state index is -0.160. The van der Waals surface area contributed by atoms with E-state index in [1.165, 1.54) is 6.42 Å². The van der Waals surface area contributed by atoms with E-state index >= 15 is 0 Å². The molecular weight excluding hydrogens is 196 g/mol. The van der Waals surface area contributed by atoms with Crippen LogP contribution < -0.4 is 0 Å². The molecule has 92 valence electrons. The average molecular weight is 222 g/mol. The Labute approximate surface area is 100.0 Å². The van der Waals surface area contributed by atoms with Crippen LogP contribution in [0.2, 0.25) is 0 Å². The molecule has 0 spiro atoms. The lowest BCUT2D eigenvalue weighted by molar-refractivity contribution is -0.158. The van der Waals surface area contributed by atoms with Gasteiger partial charge in [-0.2, -0.15) is 0 Å². The molecule has 0 saturated heterocycles. The number of hydrogen-bond acceptors (Lipinski definition) is 1. The Hall–Kier alpha value is -0.330. The van der Waals surface area contributed by atoms with Gasteiger partial charge in [0.1, 0.15) is 5.78 Å². The molecule has 0 aromatic carbocycles.